The van der Waals surface area contributed by atoms with Gasteiger partial charge < -0.3 is 15.6 Å². The molecule has 1 fully saturated rings. The highest BCUT2D eigenvalue weighted by molar-refractivity contribution is 5.01. The molecule has 0 atom stereocenters. The van der Waals surface area contributed by atoms with Crippen LogP contribution in [0.1, 0.15) is 46.2 Å². The second-order valence-electron chi connectivity index (χ2n) is 6.46. The van der Waals surface area contributed by atoms with Crippen molar-refractivity contribution in [2.24, 2.45) is 0 Å². The van der Waals surface area contributed by atoms with E-state index in [2.05, 4.69) is 48.3 Å². The van der Waals surface area contributed by atoms with E-state index in [-0.39, 0.29) is 11.1 Å². The van der Waals surface area contributed by atoms with Crippen LogP contribution >= 0.6 is 0 Å². The second-order valence-corrected chi connectivity index (χ2v) is 6.46. The van der Waals surface area contributed by atoms with Gasteiger partial charge in [0.05, 0.1) is 6.33 Å². The summed E-state index contributed by atoms with van der Waals surface area (Å²) in [6, 6.07) is 0.560. The molecule has 0 radical (unpaired) electrons. The Balaban J connectivity index is 1.92. The molecule has 1 aliphatic rings. The molecule has 1 saturated heterocycles. The van der Waals surface area contributed by atoms with Gasteiger partial charge in [0.25, 0.3) is 0 Å². The van der Waals surface area contributed by atoms with Gasteiger partial charge in [0.15, 0.2) is 0 Å². The summed E-state index contributed by atoms with van der Waals surface area (Å²) in [6.07, 6.45) is 5.92. The lowest BCUT2D eigenvalue weighted by atomic mass is 9.79. The van der Waals surface area contributed by atoms with Crippen molar-refractivity contribution in [2.45, 2.75) is 64.2 Å². The van der Waals surface area contributed by atoms with Gasteiger partial charge in [-0.2, -0.15) is 0 Å². The minimum Gasteiger partial charge on any atom is -0.347 e. The van der Waals surface area contributed by atoms with Crippen LogP contribution in [-0.4, -0.2) is 27.1 Å². The third-order valence-corrected chi connectivity index (χ3v) is 3.33. The third-order valence-electron chi connectivity index (χ3n) is 3.33. The predicted octanol–water partition coefficient (Wildman–Crippen LogP) is 1.81. The fraction of sp³-hybridized carbons (Fsp3) is 0.769. The quantitative estimate of drug-likeness (QED) is 0.750. The van der Waals surface area contributed by atoms with Crippen molar-refractivity contribution in [3.63, 3.8) is 0 Å². The smallest absolute Gasteiger partial charge is 0.0922 e. The fourth-order valence-corrected chi connectivity index (χ4v) is 3.10. The first-order valence-corrected chi connectivity index (χ1v) is 6.36. The van der Waals surface area contributed by atoms with Crippen LogP contribution in [0.2, 0.25) is 0 Å². The van der Waals surface area contributed by atoms with Crippen LogP contribution in [0.15, 0.2) is 12.5 Å². The van der Waals surface area contributed by atoms with Gasteiger partial charge in [-0.05, 0) is 40.5 Å². The van der Waals surface area contributed by atoms with E-state index in [0.717, 1.165) is 25.1 Å². The topological polar surface area (TPSA) is 52.7 Å². The fourth-order valence-electron chi connectivity index (χ4n) is 3.10. The van der Waals surface area contributed by atoms with E-state index in [0.29, 0.717) is 6.04 Å². The van der Waals surface area contributed by atoms with Crippen LogP contribution in [0.25, 0.3) is 0 Å². The van der Waals surface area contributed by atoms with Gasteiger partial charge in [-0.1, -0.05) is 0 Å². The summed E-state index contributed by atoms with van der Waals surface area (Å²) in [7, 11) is 0. The molecule has 0 unspecified atom stereocenters. The molecule has 0 aliphatic carbocycles. The van der Waals surface area contributed by atoms with Crippen LogP contribution in [0.3, 0.4) is 0 Å². The van der Waals surface area contributed by atoms with E-state index in [1.807, 2.05) is 6.20 Å². The standard InChI is InChI=1S/C13H24N4/c1-12(2)5-10(6-13(3,4)17-12)15-8-11-7-14-9-16-11/h7,9-10,15,17H,5-6,8H2,1-4H3,(H,14,16). The average molecular weight is 236 g/mol. The summed E-state index contributed by atoms with van der Waals surface area (Å²) >= 11 is 0. The molecular weight excluding hydrogens is 212 g/mol. The highest BCUT2D eigenvalue weighted by atomic mass is 15.1. The van der Waals surface area contributed by atoms with Crippen molar-refractivity contribution in [2.75, 3.05) is 0 Å². The van der Waals surface area contributed by atoms with Gasteiger partial charge in [-0.15, -0.1) is 0 Å². The number of H-pyrrole nitrogens is 1. The van der Waals surface area contributed by atoms with Crippen molar-refractivity contribution < 1.29 is 0 Å². The molecule has 96 valence electrons. The maximum absolute atomic E-state index is 4.04. The van der Waals surface area contributed by atoms with E-state index in [1.54, 1.807) is 6.33 Å². The van der Waals surface area contributed by atoms with E-state index < -0.39 is 0 Å². The molecule has 0 amide bonds. The van der Waals surface area contributed by atoms with Crippen LogP contribution in [0, 0.1) is 0 Å². The molecule has 4 nitrogen and oxygen atoms in total. The van der Waals surface area contributed by atoms with Crippen LogP contribution < -0.4 is 10.6 Å². The maximum atomic E-state index is 4.04. The Morgan fingerprint density at radius 3 is 2.47 bits per heavy atom. The Morgan fingerprint density at radius 1 is 1.29 bits per heavy atom. The first-order valence-electron chi connectivity index (χ1n) is 6.36. The Bertz CT molecular complexity index is 338. The summed E-state index contributed by atoms with van der Waals surface area (Å²) in [4.78, 5) is 7.16. The molecule has 2 rings (SSSR count). The number of aromatic nitrogens is 2. The van der Waals surface area contributed by atoms with Crippen molar-refractivity contribution >= 4 is 0 Å². The van der Waals surface area contributed by atoms with Crippen molar-refractivity contribution in [1.29, 1.82) is 0 Å². The van der Waals surface area contributed by atoms with Gasteiger partial charge in [0.1, 0.15) is 0 Å². The molecule has 0 spiro atoms. The molecule has 1 aromatic heterocycles. The summed E-state index contributed by atoms with van der Waals surface area (Å²) < 4.78 is 0. The Kier molecular flexibility index (Phi) is 3.27. The van der Waals surface area contributed by atoms with Crippen molar-refractivity contribution in [3.8, 4) is 0 Å². The number of piperidine rings is 1. The zero-order valence-electron chi connectivity index (χ0n) is 11.3. The van der Waals surface area contributed by atoms with Gasteiger partial charge >= 0.3 is 0 Å². The molecule has 0 bridgehead atoms. The minimum atomic E-state index is 0.202. The number of aromatic amines is 1. The number of imidazole rings is 1. The molecule has 0 aromatic carbocycles. The molecule has 1 aromatic rings. The molecule has 2 heterocycles. The normalized spacial score (nSPS) is 23.8. The van der Waals surface area contributed by atoms with Crippen LogP contribution in [-0.2, 0) is 6.54 Å². The summed E-state index contributed by atoms with van der Waals surface area (Å²) in [5.41, 5.74) is 1.56. The number of nitrogens with zero attached hydrogens (tertiary/aromatic N) is 1. The van der Waals surface area contributed by atoms with E-state index in [9.17, 15) is 0 Å². The number of nitrogens with one attached hydrogen (secondary N) is 3. The summed E-state index contributed by atoms with van der Waals surface area (Å²) in [5.74, 6) is 0. The second kappa shape index (κ2) is 4.42. The van der Waals surface area contributed by atoms with E-state index in [1.165, 1.54) is 0 Å². The SMILES string of the molecule is CC1(C)CC(NCc2cnc[nH]2)CC(C)(C)N1. The summed E-state index contributed by atoms with van der Waals surface area (Å²) in [5, 5.41) is 7.32. The van der Waals surface area contributed by atoms with E-state index >= 15 is 0 Å². The van der Waals surface area contributed by atoms with E-state index in [4.69, 9.17) is 0 Å². The van der Waals surface area contributed by atoms with Crippen molar-refractivity contribution in [3.05, 3.63) is 18.2 Å². The molecule has 3 N–H and O–H groups in total. The molecule has 4 heteroatoms. The van der Waals surface area contributed by atoms with Crippen LogP contribution in [0.4, 0.5) is 0 Å². The largest absolute Gasteiger partial charge is 0.347 e. The lowest BCUT2D eigenvalue weighted by Crippen LogP contribution is -2.61. The average Bonchev–Trinajstić information content (AvgIpc) is 2.61. The van der Waals surface area contributed by atoms with Crippen LogP contribution in [0.5, 0.6) is 0 Å². The minimum absolute atomic E-state index is 0.202. The predicted molar refractivity (Wildman–Crippen MR) is 69.7 cm³/mol. The zero-order valence-corrected chi connectivity index (χ0v) is 11.3. The lowest BCUT2D eigenvalue weighted by molar-refractivity contribution is 0.145. The van der Waals surface area contributed by atoms with Gasteiger partial charge in [0, 0.05) is 35.6 Å². The van der Waals surface area contributed by atoms with Crippen molar-refractivity contribution in [1.82, 2.24) is 20.6 Å². The maximum Gasteiger partial charge on any atom is 0.0922 e. The summed E-state index contributed by atoms with van der Waals surface area (Å²) in [6.45, 7) is 9.98. The molecule has 0 saturated carbocycles. The highest BCUT2D eigenvalue weighted by Gasteiger charge is 2.37. The first-order chi connectivity index (χ1) is 7.86. The van der Waals surface area contributed by atoms with Gasteiger partial charge in [0.2, 0.25) is 0 Å². The number of rotatable bonds is 3. The number of hydrogen-bond donors (Lipinski definition) is 3. The lowest BCUT2D eigenvalue weighted by Gasteiger charge is -2.46. The molecule has 1 aliphatic heterocycles. The number of hydrogen-bond acceptors (Lipinski definition) is 3. The van der Waals surface area contributed by atoms with Gasteiger partial charge in [-0.3, -0.25) is 0 Å². The first kappa shape index (κ1) is 12.6. The Hall–Kier alpha value is -0.870. The highest BCUT2D eigenvalue weighted by Crippen LogP contribution is 2.28. The Labute approximate surface area is 104 Å². The third kappa shape index (κ3) is 3.54. The monoisotopic (exact) mass is 236 g/mol. The van der Waals surface area contributed by atoms with Gasteiger partial charge in [-0.25, -0.2) is 4.98 Å². The zero-order chi connectivity index (χ0) is 12.5. The Morgan fingerprint density at radius 2 is 1.94 bits per heavy atom. The molecule has 17 heavy (non-hydrogen) atoms. The molecular formula is C13H24N4.